The Kier molecular flexibility index (Phi) is 6.48. The van der Waals surface area contributed by atoms with E-state index in [-0.39, 0.29) is 6.61 Å². The largest absolute Gasteiger partial charge is 0.492 e. The number of ether oxygens (including phenoxy) is 2. The number of nitrogens with one attached hydrogen (secondary N) is 1. The molecule has 1 rings (SSSR count). The summed E-state index contributed by atoms with van der Waals surface area (Å²) in [5, 5.41) is 12.3. The Morgan fingerprint density at radius 2 is 2.15 bits per heavy atom. The highest BCUT2D eigenvalue weighted by Gasteiger charge is 2.28. The van der Waals surface area contributed by atoms with Gasteiger partial charge in [0.1, 0.15) is 12.4 Å². The molecule has 20 heavy (non-hydrogen) atoms. The molecule has 2 N–H and O–H groups in total. The maximum atomic E-state index is 11.0. The van der Waals surface area contributed by atoms with Gasteiger partial charge in [0.05, 0.1) is 12.0 Å². The fourth-order valence-corrected chi connectivity index (χ4v) is 1.48. The van der Waals surface area contributed by atoms with Crippen molar-refractivity contribution in [3.63, 3.8) is 0 Å². The number of carboxylic acids is 1. The van der Waals surface area contributed by atoms with Gasteiger partial charge in [-0.25, -0.2) is 0 Å². The molecule has 0 atom stereocenters. The second kappa shape index (κ2) is 7.87. The normalized spacial score (nSPS) is 11.3. The van der Waals surface area contributed by atoms with Gasteiger partial charge < -0.3 is 19.9 Å². The van der Waals surface area contributed by atoms with E-state index in [1.54, 1.807) is 21.0 Å². The molecule has 5 heteroatoms. The van der Waals surface area contributed by atoms with Crippen LogP contribution in [-0.4, -0.2) is 37.9 Å². The van der Waals surface area contributed by atoms with Crippen molar-refractivity contribution in [2.45, 2.75) is 20.4 Å². The van der Waals surface area contributed by atoms with E-state index in [1.807, 2.05) is 24.3 Å². The summed E-state index contributed by atoms with van der Waals surface area (Å²) in [4.78, 5) is 11.0. The van der Waals surface area contributed by atoms with Gasteiger partial charge in [-0.3, -0.25) is 4.79 Å². The van der Waals surface area contributed by atoms with Gasteiger partial charge >= 0.3 is 5.97 Å². The van der Waals surface area contributed by atoms with Crippen LogP contribution in [0.2, 0.25) is 0 Å². The summed E-state index contributed by atoms with van der Waals surface area (Å²) in [7, 11) is 1.67. The lowest BCUT2D eigenvalue weighted by atomic mass is 9.95. The Balaban J connectivity index is 2.49. The van der Waals surface area contributed by atoms with Gasteiger partial charge in [0.25, 0.3) is 0 Å². The third kappa shape index (κ3) is 5.59. The van der Waals surface area contributed by atoms with Gasteiger partial charge in [-0.2, -0.15) is 0 Å². The van der Waals surface area contributed by atoms with Gasteiger partial charge in [-0.1, -0.05) is 12.1 Å². The Hall–Kier alpha value is -1.59. The van der Waals surface area contributed by atoms with Crippen LogP contribution in [0.5, 0.6) is 5.75 Å². The summed E-state index contributed by atoms with van der Waals surface area (Å²) in [6, 6.07) is 7.64. The molecular weight excluding hydrogens is 258 g/mol. The number of hydrogen-bond donors (Lipinski definition) is 2. The smallest absolute Gasteiger partial charge is 0.312 e. The summed E-state index contributed by atoms with van der Waals surface area (Å²) in [5.74, 6) is -0.180. The molecule has 0 amide bonds. The molecule has 0 aliphatic heterocycles. The third-order valence-electron chi connectivity index (χ3n) is 2.89. The Bertz CT molecular complexity index is 432. The van der Waals surface area contributed by atoms with Gasteiger partial charge in [0.15, 0.2) is 0 Å². The average Bonchev–Trinajstić information content (AvgIpc) is 2.42. The molecule has 0 aliphatic carbocycles. The minimum absolute atomic E-state index is 0.142. The van der Waals surface area contributed by atoms with E-state index in [1.165, 1.54) is 0 Å². The SMILES string of the molecule is COCCNCc1cccc(OCC(C)(C)C(=O)O)c1. The van der Waals surface area contributed by atoms with Crippen molar-refractivity contribution in [3.8, 4) is 5.75 Å². The quantitative estimate of drug-likeness (QED) is 0.677. The van der Waals surface area contributed by atoms with E-state index in [2.05, 4.69) is 5.32 Å². The van der Waals surface area contributed by atoms with E-state index in [0.717, 1.165) is 18.7 Å². The first kappa shape index (κ1) is 16.5. The lowest BCUT2D eigenvalue weighted by Crippen LogP contribution is -2.30. The van der Waals surface area contributed by atoms with Crippen molar-refractivity contribution >= 4 is 5.97 Å². The molecule has 0 bridgehead atoms. The molecular formula is C15H23NO4. The van der Waals surface area contributed by atoms with E-state index < -0.39 is 11.4 Å². The Morgan fingerprint density at radius 3 is 2.80 bits per heavy atom. The van der Waals surface area contributed by atoms with Crippen molar-refractivity contribution in [3.05, 3.63) is 29.8 Å². The first-order valence-electron chi connectivity index (χ1n) is 6.60. The first-order valence-corrected chi connectivity index (χ1v) is 6.60. The standard InChI is InChI=1S/C15H23NO4/c1-15(2,14(17)18)11-20-13-6-4-5-12(9-13)10-16-7-8-19-3/h4-6,9,16H,7-8,10-11H2,1-3H3,(H,17,18). The van der Waals surface area contributed by atoms with E-state index in [0.29, 0.717) is 12.4 Å². The van der Waals surface area contributed by atoms with Crippen LogP contribution in [0.4, 0.5) is 0 Å². The predicted molar refractivity (Wildman–Crippen MR) is 76.9 cm³/mol. The molecule has 1 aromatic carbocycles. The Morgan fingerprint density at radius 1 is 1.40 bits per heavy atom. The second-order valence-corrected chi connectivity index (χ2v) is 5.29. The van der Waals surface area contributed by atoms with Crippen molar-refractivity contribution in [1.29, 1.82) is 0 Å². The maximum Gasteiger partial charge on any atom is 0.312 e. The predicted octanol–water partition coefficient (Wildman–Crippen LogP) is 1.91. The first-order chi connectivity index (χ1) is 9.45. The molecule has 0 heterocycles. The minimum Gasteiger partial charge on any atom is -0.492 e. The number of benzene rings is 1. The number of carbonyl (C=O) groups is 1. The highest BCUT2D eigenvalue weighted by atomic mass is 16.5. The van der Waals surface area contributed by atoms with Crippen LogP contribution in [0.15, 0.2) is 24.3 Å². The number of aliphatic carboxylic acids is 1. The zero-order valence-electron chi connectivity index (χ0n) is 12.3. The highest BCUT2D eigenvalue weighted by Crippen LogP contribution is 2.19. The zero-order chi connectivity index (χ0) is 15.0. The fourth-order valence-electron chi connectivity index (χ4n) is 1.48. The van der Waals surface area contributed by atoms with Crippen LogP contribution >= 0.6 is 0 Å². The number of rotatable bonds is 9. The summed E-state index contributed by atoms with van der Waals surface area (Å²) in [6.07, 6.45) is 0. The van der Waals surface area contributed by atoms with Crippen molar-refractivity contribution < 1.29 is 19.4 Å². The monoisotopic (exact) mass is 281 g/mol. The summed E-state index contributed by atoms with van der Waals surface area (Å²) in [6.45, 7) is 5.61. The van der Waals surface area contributed by atoms with Crippen molar-refractivity contribution in [2.75, 3.05) is 26.9 Å². The van der Waals surface area contributed by atoms with E-state index in [4.69, 9.17) is 14.6 Å². The highest BCUT2D eigenvalue weighted by molar-refractivity contribution is 5.73. The second-order valence-electron chi connectivity index (χ2n) is 5.29. The van der Waals surface area contributed by atoms with Gasteiger partial charge in [0.2, 0.25) is 0 Å². The summed E-state index contributed by atoms with van der Waals surface area (Å²) >= 11 is 0. The fraction of sp³-hybridized carbons (Fsp3) is 0.533. The van der Waals surface area contributed by atoms with Gasteiger partial charge in [-0.15, -0.1) is 0 Å². The topological polar surface area (TPSA) is 67.8 Å². The van der Waals surface area contributed by atoms with Crippen molar-refractivity contribution in [2.24, 2.45) is 5.41 Å². The lowest BCUT2D eigenvalue weighted by Gasteiger charge is -2.19. The zero-order valence-corrected chi connectivity index (χ0v) is 12.3. The third-order valence-corrected chi connectivity index (χ3v) is 2.89. The van der Waals surface area contributed by atoms with Crippen molar-refractivity contribution in [1.82, 2.24) is 5.32 Å². The van der Waals surface area contributed by atoms with Gasteiger partial charge in [-0.05, 0) is 31.5 Å². The molecule has 0 saturated heterocycles. The number of methoxy groups -OCH3 is 1. The summed E-state index contributed by atoms with van der Waals surface area (Å²) < 4.78 is 10.5. The molecule has 5 nitrogen and oxygen atoms in total. The van der Waals surface area contributed by atoms with Crippen LogP contribution in [0.25, 0.3) is 0 Å². The molecule has 112 valence electrons. The molecule has 0 saturated carbocycles. The molecule has 0 fully saturated rings. The van der Waals surface area contributed by atoms with Crippen LogP contribution in [0, 0.1) is 5.41 Å². The molecule has 0 aromatic heterocycles. The lowest BCUT2D eigenvalue weighted by molar-refractivity contribution is -0.148. The van der Waals surface area contributed by atoms with E-state index in [9.17, 15) is 4.79 Å². The van der Waals surface area contributed by atoms with Crippen LogP contribution in [0.1, 0.15) is 19.4 Å². The minimum atomic E-state index is -0.896. The Labute approximate surface area is 119 Å². The van der Waals surface area contributed by atoms with Crippen LogP contribution in [-0.2, 0) is 16.1 Å². The van der Waals surface area contributed by atoms with Crippen LogP contribution < -0.4 is 10.1 Å². The molecule has 0 radical (unpaired) electrons. The molecule has 0 unspecified atom stereocenters. The molecule has 0 spiro atoms. The van der Waals surface area contributed by atoms with E-state index >= 15 is 0 Å². The number of carboxylic acid groups (broad SMARTS) is 1. The molecule has 1 aromatic rings. The maximum absolute atomic E-state index is 11.0. The van der Waals surface area contributed by atoms with Crippen LogP contribution in [0.3, 0.4) is 0 Å². The molecule has 0 aliphatic rings. The average molecular weight is 281 g/mol. The van der Waals surface area contributed by atoms with Gasteiger partial charge in [0, 0.05) is 20.2 Å². The summed E-state index contributed by atoms with van der Waals surface area (Å²) in [5.41, 5.74) is 0.193. The number of hydrogen-bond acceptors (Lipinski definition) is 4.